The lowest BCUT2D eigenvalue weighted by molar-refractivity contribution is -0.0563. The highest BCUT2D eigenvalue weighted by molar-refractivity contribution is 5.38. The second-order valence-corrected chi connectivity index (χ2v) is 8.01. The quantitative estimate of drug-likeness (QED) is 0.501. The molecule has 3 aromatic rings. The molecule has 1 aliphatic rings. The van der Waals surface area contributed by atoms with Crippen LogP contribution in [0.25, 0.3) is 0 Å². The van der Waals surface area contributed by atoms with E-state index in [1.54, 1.807) is 30.3 Å². The molecular formula is C26H28FNO4. The zero-order chi connectivity index (χ0) is 22.5. The Kier molecular flexibility index (Phi) is 6.93. The number of benzene rings is 3. The van der Waals surface area contributed by atoms with E-state index >= 15 is 0 Å². The Morgan fingerprint density at radius 2 is 1.66 bits per heavy atom. The minimum atomic E-state index is -0.381. The molecule has 0 aromatic heterocycles. The molecule has 1 saturated heterocycles. The van der Waals surface area contributed by atoms with Crippen molar-refractivity contribution in [3.63, 3.8) is 0 Å². The van der Waals surface area contributed by atoms with Gasteiger partial charge in [-0.25, -0.2) is 4.39 Å². The predicted molar refractivity (Wildman–Crippen MR) is 120 cm³/mol. The Morgan fingerprint density at radius 1 is 1.00 bits per heavy atom. The van der Waals surface area contributed by atoms with Gasteiger partial charge in [-0.05, 0) is 73.4 Å². The minimum absolute atomic E-state index is 0.0329. The van der Waals surface area contributed by atoms with Crippen LogP contribution in [0.3, 0.4) is 0 Å². The first-order valence-electron chi connectivity index (χ1n) is 11.0. The van der Waals surface area contributed by atoms with Gasteiger partial charge in [0.2, 0.25) is 0 Å². The van der Waals surface area contributed by atoms with E-state index in [-0.39, 0.29) is 29.9 Å². The summed E-state index contributed by atoms with van der Waals surface area (Å²) in [6.07, 6.45) is 1.37. The lowest BCUT2D eigenvalue weighted by Crippen LogP contribution is -2.47. The van der Waals surface area contributed by atoms with Crippen LogP contribution >= 0.6 is 0 Å². The van der Waals surface area contributed by atoms with Gasteiger partial charge >= 0.3 is 0 Å². The van der Waals surface area contributed by atoms with E-state index in [4.69, 9.17) is 9.47 Å². The third kappa shape index (κ3) is 5.21. The topological polar surface area (TPSA) is 62.2 Å². The van der Waals surface area contributed by atoms with Gasteiger partial charge in [-0.2, -0.15) is 0 Å². The van der Waals surface area contributed by atoms with Crippen LogP contribution in [0, 0.1) is 5.82 Å². The average molecular weight is 438 g/mol. The molecule has 168 valence electrons. The highest BCUT2D eigenvalue weighted by Gasteiger charge is 2.34. The third-order valence-electron chi connectivity index (χ3n) is 5.78. The van der Waals surface area contributed by atoms with Crippen LogP contribution < -0.4 is 9.47 Å². The molecule has 2 N–H and O–H groups in total. The number of likely N-dealkylation sites (tertiary alicyclic amines) is 1. The van der Waals surface area contributed by atoms with Crippen molar-refractivity contribution in [2.24, 2.45) is 0 Å². The van der Waals surface area contributed by atoms with Crippen molar-refractivity contribution in [1.29, 1.82) is 0 Å². The summed E-state index contributed by atoms with van der Waals surface area (Å²) in [6, 6.07) is 20.6. The number of rotatable bonds is 7. The molecule has 0 saturated carbocycles. The summed E-state index contributed by atoms with van der Waals surface area (Å²) in [5.41, 5.74) is 1.05. The van der Waals surface area contributed by atoms with Gasteiger partial charge in [0.05, 0.1) is 6.10 Å². The van der Waals surface area contributed by atoms with E-state index in [0.717, 1.165) is 12.0 Å². The minimum Gasteiger partial charge on any atom is -0.504 e. The number of aromatic hydroxyl groups is 1. The van der Waals surface area contributed by atoms with Gasteiger partial charge in [-0.3, -0.25) is 4.90 Å². The zero-order valence-electron chi connectivity index (χ0n) is 18.0. The van der Waals surface area contributed by atoms with Gasteiger partial charge in [0.25, 0.3) is 0 Å². The van der Waals surface area contributed by atoms with Crippen molar-refractivity contribution in [3.8, 4) is 23.0 Å². The molecule has 4 rings (SSSR count). The van der Waals surface area contributed by atoms with Crippen LogP contribution in [0.5, 0.6) is 23.0 Å². The molecule has 3 atom stereocenters. The summed E-state index contributed by atoms with van der Waals surface area (Å²) >= 11 is 0. The molecule has 1 fully saturated rings. The van der Waals surface area contributed by atoms with E-state index in [0.29, 0.717) is 36.6 Å². The van der Waals surface area contributed by atoms with E-state index < -0.39 is 0 Å². The standard InChI is InChI=1S/C26H28FNO4/c1-2-26(32-25-6-4-3-5-24(25)30)28-16-15-20(29)17-23(28)18-7-11-21(12-8-18)31-22-13-9-19(27)10-14-22/h3-14,20,23,26,29-30H,2,15-17H2,1H3. The summed E-state index contributed by atoms with van der Waals surface area (Å²) in [7, 11) is 0. The molecule has 1 heterocycles. The van der Waals surface area contributed by atoms with Crippen molar-refractivity contribution < 1.29 is 24.1 Å². The van der Waals surface area contributed by atoms with Crippen LogP contribution in [-0.2, 0) is 0 Å². The van der Waals surface area contributed by atoms with E-state index in [1.807, 2.05) is 37.3 Å². The fourth-order valence-electron chi connectivity index (χ4n) is 4.12. The van der Waals surface area contributed by atoms with Gasteiger partial charge in [0.1, 0.15) is 17.3 Å². The lowest BCUT2D eigenvalue weighted by atomic mass is 9.92. The molecule has 0 aliphatic carbocycles. The Morgan fingerprint density at radius 3 is 2.31 bits per heavy atom. The summed E-state index contributed by atoms with van der Waals surface area (Å²) < 4.78 is 25.1. The van der Waals surface area contributed by atoms with Crippen molar-refractivity contribution in [3.05, 3.63) is 84.2 Å². The molecule has 0 radical (unpaired) electrons. The van der Waals surface area contributed by atoms with Crippen molar-refractivity contribution in [1.82, 2.24) is 4.90 Å². The number of hydrogen-bond acceptors (Lipinski definition) is 5. The maximum atomic E-state index is 13.1. The molecule has 32 heavy (non-hydrogen) atoms. The van der Waals surface area contributed by atoms with E-state index in [1.165, 1.54) is 12.1 Å². The first-order valence-corrected chi connectivity index (χ1v) is 11.0. The molecular weight excluding hydrogens is 409 g/mol. The average Bonchev–Trinajstić information content (AvgIpc) is 2.81. The molecule has 0 amide bonds. The second kappa shape index (κ2) is 10.0. The molecule has 0 spiro atoms. The highest BCUT2D eigenvalue weighted by atomic mass is 19.1. The number of ether oxygens (including phenoxy) is 2. The van der Waals surface area contributed by atoms with Crippen LogP contribution in [0.2, 0.25) is 0 Å². The third-order valence-corrected chi connectivity index (χ3v) is 5.78. The maximum absolute atomic E-state index is 13.1. The Hall–Kier alpha value is -3.09. The molecule has 6 heteroatoms. The van der Waals surface area contributed by atoms with Gasteiger partial charge in [-0.15, -0.1) is 0 Å². The molecule has 3 aromatic carbocycles. The number of aliphatic hydroxyl groups excluding tert-OH is 1. The van der Waals surface area contributed by atoms with Crippen LogP contribution in [-0.4, -0.2) is 34.0 Å². The largest absolute Gasteiger partial charge is 0.504 e. The van der Waals surface area contributed by atoms with E-state index in [9.17, 15) is 14.6 Å². The summed E-state index contributed by atoms with van der Waals surface area (Å²) in [5, 5.41) is 20.5. The number of halogens is 1. The van der Waals surface area contributed by atoms with Crippen molar-refractivity contribution >= 4 is 0 Å². The normalized spacial score (nSPS) is 20.0. The number of phenolic OH excluding ortho intramolecular Hbond substituents is 1. The van der Waals surface area contributed by atoms with Crippen LogP contribution in [0.4, 0.5) is 4.39 Å². The number of piperidine rings is 1. The Labute approximate surface area is 187 Å². The second-order valence-electron chi connectivity index (χ2n) is 8.01. The number of nitrogens with zero attached hydrogens (tertiary/aromatic N) is 1. The zero-order valence-corrected chi connectivity index (χ0v) is 18.0. The summed E-state index contributed by atoms with van der Waals surface area (Å²) in [6.45, 7) is 2.73. The first-order chi connectivity index (χ1) is 15.5. The molecule has 5 nitrogen and oxygen atoms in total. The Bertz CT molecular complexity index is 1010. The number of aliphatic hydroxyl groups is 1. The van der Waals surface area contributed by atoms with Gasteiger partial charge in [0.15, 0.2) is 17.7 Å². The smallest absolute Gasteiger partial charge is 0.163 e. The fourth-order valence-corrected chi connectivity index (χ4v) is 4.12. The van der Waals surface area contributed by atoms with Gasteiger partial charge in [0, 0.05) is 12.6 Å². The van der Waals surface area contributed by atoms with Crippen molar-refractivity contribution in [2.45, 2.75) is 44.6 Å². The van der Waals surface area contributed by atoms with E-state index in [2.05, 4.69) is 4.90 Å². The SMILES string of the molecule is CCC(Oc1ccccc1O)N1CCC(O)CC1c1ccc(Oc2ccc(F)cc2)cc1. The summed E-state index contributed by atoms with van der Waals surface area (Å²) in [4.78, 5) is 2.25. The highest BCUT2D eigenvalue weighted by Crippen LogP contribution is 2.36. The fraction of sp³-hybridized carbons (Fsp3) is 0.308. The first kappa shape index (κ1) is 22.1. The number of para-hydroxylation sites is 2. The number of hydrogen-bond donors (Lipinski definition) is 2. The summed E-state index contributed by atoms with van der Waals surface area (Å²) in [5.74, 6) is 1.48. The van der Waals surface area contributed by atoms with Crippen LogP contribution in [0.1, 0.15) is 37.8 Å². The predicted octanol–water partition coefficient (Wildman–Crippen LogP) is 5.64. The molecule has 3 unspecified atom stereocenters. The molecule has 0 bridgehead atoms. The van der Waals surface area contributed by atoms with Crippen molar-refractivity contribution in [2.75, 3.05) is 6.54 Å². The van der Waals surface area contributed by atoms with Crippen LogP contribution in [0.15, 0.2) is 72.8 Å². The monoisotopic (exact) mass is 437 g/mol. The Balaban J connectivity index is 1.52. The number of phenols is 1. The lowest BCUT2D eigenvalue weighted by Gasteiger charge is -2.42. The van der Waals surface area contributed by atoms with Gasteiger partial charge in [-0.1, -0.05) is 31.2 Å². The maximum Gasteiger partial charge on any atom is 0.163 e. The molecule has 1 aliphatic heterocycles. The van der Waals surface area contributed by atoms with Gasteiger partial charge < -0.3 is 19.7 Å².